The van der Waals surface area contributed by atoms with Gasteiger partial charge >= 0.3 is 11.9 Å². The Morgan fingerprint density at radius 3 is 2.27 bits per heavy atom. The number of ketones is 1. The minimum absolute atomic E-state index is 0. The third-order valence-electron chi connectivity index (χ3n) is 3.05. The zero-order valence-electron chi connectivity index (χ0n) is 14.4. The van der Waals surface area contributed by atoms with Crippen molar-refractivity contribution in [1.29, 1.82) is 0 Å². The first-order valence-electron chi connectivity index (χ1n) is 7.32. The fourth-order valence-corrected chi connectivity index (χ4v) is 2.35. The van der Waals surface area contributed by atoms with Gasteiger partial charge in [0.2, 0.25) is 10.8 Å². The predicted octanol–water partition coefficient (Wildman–Crippen LogP) is -1.17. The lowest BCUT2D eigenvalue weighted by atomic mass is 10.1. The molecule has 0 unspecified atom stereocenters. The maximum atomic E-state index is 12.4. The van der Waals surface area contributed by atoms with Crippen LogP contribution in [0.1, 0.15) is 24.2 Å². The SMILES string of the molecule is CSc1cc[n+](CC(=O)c2ccc(OC(C)=O)c(OC(C)=O)c2)cn1.[Cl-]. The molecule has 0 amide bonds. The van der Waals surface area contributed by atoms with Gasteiger partial charge in [-0.3, -0.25) is 14.4 Å². The molecule has 0 radical (unpaired) electrons. The molecule has 1 aromatic heterocycles. The summed E-state index contributed by atoms with van der Waals surface area (Å²) in [7, 11) is 0. The average molecular weight is 397 g/mol. The van der Waals surface area contributed by atoms with Crippen LogP contribution < -0.4 is 26.4 Å². The Labute approximate surface area is 161 Å². The average Bonchev–Trinajstić information content (AvgIpc) is 2.56. The number of rotatable bonds is 6. The maximum absolute atomic E-state index is 12.4. The van der Waals surface area contributed by atoms with E-state index < -0.39 is 11.9 Å². The molecular weight excluding hydrogens is 380 g/mol. The monoisotopic (exact) mass is 396 g/mol. The number of nitrogens with zero attached hydrogens (tertiary/aromatic N) is 2. The molecule has 1 aromatic carbocycles. The number of ether oxygens (including phenoxy) is 2. The molecule has 2 aromatic rings. The first-order valence-corrected chi connectivity index (χ1v) is 8.54. The summed E-state index contributed by atoms with van der Waals surface area (Å²) in [6.45, 7) is 2.54. The largest absolute Gasteiger partial charge is 1.00 e. The van der Waals surface area contributed by atoms with Crippen molar-refractivity contribution in [2.75, 3.05) is 6.26 Å². The van der Waals surface area contributed by atoms with E-state index in [0.717, 1.165) is 5.03 Å². The van der Waals surface area contributed by atoms with E-state index in [1.807, 2.05) is 12.3 Å². The number of carbonyl (C=O) groups excluding carboxylic acids is 3. The second kappa shape index (κ2) is 9.88. The minimum atomic E-state index is -0.579. The summed E-state index contributed by atoms with van der Waals surface area (Å²) < 4.78 is 11.7. The summed E-state index contributed by atoms with van der Waals surface area (Å²) in [5.74, 6) is -1.23. The number of carbonyl (C=O) groups is 3. The van der Waals surface area contributed by atoms with E-state index >= 15 is 0 Å². The number of hydrogen-bond acceptors (Lipinski definition) is 7. The van der Waals surface area contributed by atoms with Crippen LogP contribution in [0.5, 0.6) is 11.5 Å². The van der Waals surface area contributed by atoms with E-state index in [1.54, 1.807) is 17.1 Å². The predicted molar refractivity (Wildman–Crippen MR) is 89.6 cm³/mol. The van der Waals surface area contributed by atoms with Crippen LogP contribution in [0.25, 0.3) is 0 Å². The lowest BCUT2D eigenvalue weighted by Crippen LogP contribution is -3.00. The van der Waals surface area contributed by atoms with Gasteiger partial charge in [-0.15, -0.1) is 0 Å². The smallest absolute Gasteiger partial charge is 0.308 e. The van der Waals surface area contributed by atoms with E-state index in [0.29, 0.717) is 5.56 Å². The molecule has 0 saturated carbocycles. The fraction of sp³-hybridized carbons (Fsp3) is 0.235. The van der Waals surface area contributed by atoms with Crippen LogP contribution in [0, 0.1) is 0 Å². The Morgan fingerprint density at radius 1 is 1.08 bits per heavy atom. The van der Waals surface area contributed by atoms with Gasteiger partial charge in [0.15, 0.2) is 18.0 Å². The zero-order chi connectivity index (χ0) is 18.4. The highest BCUT2D eigenvalue weighted by Crippen LogP contribution is 2.29. The molecule has 0 spiro atoms. The number of aromatic nitrogens is 2. The molecule has 0 aliphatic rings. The molecule has 0 saturated heterocycles. The molecule has 2 rings (SSSR count). The van der Waals surface area contributed by atoms with E-state index in [2.05, 4.69) is 4.98 Å². The van der Waals surface area contributed by atoms with E-state index in [-0.39, 0.29) is 36.2 Å². The fourth-order valence-electron chi connectivity index (χ4n) is 2.00. The second-order valence-electron chi connectivity index (χ2n) is 5.05. The van der Waals surface area contributed by atoms with Gasteiger partial charge in [-0.05, 0) is 29.4 Å². The quantitative estimate of drug-likeness (QED) is 0.152. The summed E-state index contributed by atoms with van der Waals surface area (Å²) in [6, 6.07) is 6.13. The molecule has 26 heavy (non-hydrogen) atoms. The van der Waals surface area contributed by atoms with Crippen LogP contribution in [0.3, 0.4) is 0 Å². The van der Waals surface area contributed by atoms with E-state index in [9.17, 15) is 14.4 Å². The van der Waals surface area contributed by atoms with Gasteiger partial charge in [-0.1, -0.05) is 11.8 Å². The Bertz CT molecular complexity index is 811. The third-order valence-corrected chi connectivity index (χ3v) is 3.71. The van der Waals surface area contributed by atoms with Crippen molar-refractivity contribution in [3.05, 3.63) is 42.4 Å². The highest BCUT2D eigenvalue weighted by molar-refractivity contribution is 7.98. The summed E-state index contributed by atoms with van der Waals surface area (Å²) in [5.41, 5.74) is 0.327. The maximum Gasteiger partial charge on any atom is 0.308 e. The Balaban J connectivity index is 0.00000338. The van der Waals surface area contributed by atoms with Crippen molar-refractivity contribution >= 4 is 29.5 Å². The molecule has 0 N–H and O–H groups in total. The van der Waals surface area contributed by atoms with Crippen molar-refractivity contribution in [2.45, 2.75) is 25.4 Å². The number of thioether (sulfide) groups is 1. The van der Waals surface area contributed by atoms with Crippen LogP contribution in [-0.4, -0.2) is 29.0 Å². The number of hydrogen-bond donors (Lipinski definition) is 0. The highest BCUT2D eigenvalue weighted by atomic mass is 35.5. The number of benzene rings is 1. The molecule has 0 aliphatic heterocycles. The molecule has 7 nitrogen and oxygen atoms in total. The number of halogens is 1. The van der Waals surface area contributed by atoms with Crippen LogP contribution in [-0.2, 0) is 16.1 Å². The van der Waals surface area contributed by atoms with E-state index in [1.165, 1.54) is 43.8 Å². The van der Waals surface area contributed by atoms with Gasteiger partial charge in [-0.25, -0.2) is 4.57 Å². The molecule has 9 heteroatoms. The normalized spacial score (nSPS) is 9.81. The first kappa shape index (κ1) is 21.6. The van der Waals surface area contributed by atoms with Crippen LogP contribution in [0.2, 0.25) is 0 Å². The van der Waals surface area contributed by atoms with Gasteiger partial charge in [0.25, 0.3) is 6.33 Å². The van der Waals surface area contributed by atoms with Gasteiger partial charge in [0, 0.05) is 25.5 Å². The Kier molecular flexibility index (Phi) is 8.21. The van der Waals surface area contributed by atoms with Crippen molar-refractivity contribution in [3.63, 3.8) is 0 Å². The molecule has 0 bridgehead atoms. The van der Waals surface area contributed by atoms with Crippen LogP contribution >= 0.6 is 11.8 Å². The summed E-state index contributed by atoms with van der Waals surface area (Å²) in [4.78, 5) is 39.0. The van der Waals surface area contributed by atoms with Gasteiger partial charge in [0.05, 0.1) is 6.20 Å². The first-order chi connectivity index (χ1) is 11.9. The van der Waals surface area contributed by atoms with Crippen molar-refractivity contribution in [1.82, 2.24) is 4.98 Å². The molecule has 0 atom stereocenters. The molecular formula is C17H17ClN2O5S. The van der Waals surface area contributed by atoms with Crippen LogP contribution in [0.15, 0.2) is 41.8 Å². The summed E-state index contributed by atoms with van der Waals surface area (Å²) in [5, 5.41) is 0.853. The summed E-state index contributed by atoms with van der Waals surface area (Å²) >= 11 is 1.51. The van der Waals surface area contributed by atoms with Gasteiger partial charge in [0.1, 0.15) is 0 Å². The number of esters is 2. The molecule has 0 fully saturated rings. The van der Waals surface area contributed by atoms with Crippen molar-refractivity contribution < 1.29 is 40.8 Å². The van der Waals surface area contributed by atoms with Gasteiger partial charge < -0.3 is 21.9 Å². The zero-order valence-corrected chi connectivity index (χ0v) is 16.0. The van der Waals surface area contributed by atoms with Crippen LogP contribution in [0.4, 0.5) is 0 Å². The lowest BCUT2D eigenvalue weighted by Gasteiger charge is -2.10. The Hall–Kier alpha value is -2.45. The molecule has 138 valence electrons. The number of Topliss-reactive ketones (excluding diaryl/α,β-unsaturated/α-hetero) is 1. The topological polar surface area (TPSA) is 86.4 Å². The highest BCUT2D eigenvalue weighted by Gasteiger charge is 2.16. The van der Waals surface area contributed by atoms with Crippen molar-refractivity contribution in [2.24, 2.45) is 0 Å². The minimum Gasteiger partial charge on any atom is -1.00 e. The van der Waals surface area contributed by atoms with E-state index in [4.69, 9.17) is 9.47 Å². The Morgan fingerprint density at radius 2 is 1.73 bits per heavy atom. The summed E-state index contributed by atoms with van der Waals surface area (Å²) in [6.07, 6.45) is 5.25. The molecule has 1 heterocycles. The molecule has 0 aliphatic carbocycles. The van der Waals surface area contributed by atoms with Crippen molar-refractivity contribution in [3.8, 4) is 11.5 Å². The lowest BCUT2D eigenvalue weighted by molar-refractivity contribution is -0.686. The third kappa shape index (κ3) is 6.12. The van der Waals surface area contributed by atoms with Gasteiger partial charge in [-0.2, -0.15) is 0 Å². The second-order valence-corrected chi connectivity index (χ2v) is 5.87. The standard InChI is InChI=1S/C17H17N2O5S.ClH/c1-11(20)23-15-5-4-13(8-16(15)24-12(2)21)14(22)9-19-7-6-17(25-3)18-10-19;/h4-8,10H,9H2,1-3H3;1H/q+1;/p-1.